The SMILES string of the molecule is Cc1cccc(NCN2C(=O)S/C(=C\c3ccc4c(c3)OCO4)C2=O)c1. The van der Waals surface area contributed by atoms with Gasteiger partial charge in [0.2, 0.25) is 6.79 Å². The van der Waals surface area contributed by atoms with E-state index in [0.717, 1.165) is 28.6 Å². The van der Waals surface area contributed by atoms with Gasteiger partial charge in [0.1, 0.15) is 0 Å². The molecule has 0 atom stereocenters. The number of nitrogens with zero attached hydrogens (tertiary/aromatic N) is 1. The number of aryl methyl sites for hydroxylation is 1. The highest BCUT2D eigenvalue weighted by Crippen LogP contribution is 2.36. The van der Waals surface area contributed by atoms with Crippen molar-refractivity contribution in [2.24, 2.45) is 0 Å². The molecule has 2 aliphatic heterocycles. The van der Waals surface area contributed by atoms with Crippen LogP contribution < -0.4 is 14.8 Å². The summed E-state index contributed by atoms with van der Waals surface area (Å²) in [6, 6.07) is 13.2. The molecule has 26 heavy (non-hydrogen) atoms. The monoisotopic (exact) mass is 368 g/mol. The zero-order chi connectivity index (χ0) is 18.1. The molecule has 0 aliphatic carbocycles. The lowest BCUT2D eigenvalue weighted by atomic mass is 10.2. The summed E-state index contributed by atoms with van der Waals surface area (Å²) in [5.41, 5.74) is 2.75. The summed E-state index contributed by atoms with van der Waals surface area (Å²) < 4.78 is 10.6. The number of fused-ring (bicyclic) bond motifs is 1. The van der Waals surface area contributed by atoms with E-state index in [1.165, 1.54) is 4.90 Å². The number of anilines is 1. The summed E-state index contributed by atoms with van der Waals surface area (Å²) in [6.45, 7) is 2.31. The number of carbonyl (C=O) groups is 2. The van der Waals surface area contributed by atoms with E-state index in [0.29, 0.717) is 16.4 Å². The minimum atomic E-state index is -0.308. The van der Waals surface area contributed by atoms with Gasteiger partial charge in [-0.2, -0.15) is 0 Å². The van der Waals surface area contributed by atoms with Gasteiger partial charge in [-0.25, -0.2) is 0 Å². The molecule has 1 saturated heterocycles. The van der Waals surface area contributed by atoms with Crippen LogP contribution in [0.5, 0.6) is 11.5 Å². The van der Waals surface area contributed by atoms with Crippen molar-refractivity contribution in [3.8, 4) is 11.5 Å². The first-order valence-corrected chi connectivity index (χ1v) is 8.87. The maximum atomic E-state index is 12.6. The number of ether oxygens (including phenoxy) is 2. The Morgan fingerprint density at radius 3 is 2.85 bits per heavy atom. The Morgan fingerprint density at radius 1 is 1.15 bits per heavy atom. The first-order chi connectivity index (χ1) is 12.6. The average Bonchev–Trinajstić information content (AvgIpc) is 3.18. The lowest BCUT2D eigenvalue weighted by Crippen LogP contribution is -2.33. The zero-order valence-corrected chi connectivity index (χ0v) is 14.8. The number of imide groups is 1. The smallest absolute Gasteiger partial charge is 0.295 e. The summed E-state index contributed by atoms with van der Waals surface area (Å²) >= 11 is 0.935. The van der Waals surface area contributed by atoms with Crippen LogP contribution in [0.2, 0.25) is 0 Å². The van der Waals surface area contributed by atoms with Gasteiger partial charge in [-0.05, 0) is 60.2 Å². The normalized spacial score (nSPS) is 17.3. The standard InChI is InChI=1S/C19H16N2O4S/c1-12-3-2-4-14(7-12)20-10-21-18(22)17(26-19(21)23)9-13-5-6-15-16(8-13)25-11-24-15/h2-9,20H,10-11H2,1H3/b17-9-. The van der Waals surface area contributed by atoms with Gasteiger partial charge in [-0.1, -0.05) is 18.2 Å². The van der Waals surface area contributed by atoms with E-state index >= 15 is 0 Å². The van der Waals surface area contributed by atoms with Crippen molar-refractivity contribution in [1.82, 2.24) is 4.90 Å². The molecule has 2 amide bonds. The molecule has 1 N–H and O–H groups in total. The van der Waals surface area contributed by atoms with E-state index in [2.05, 4.69) is 5.32 Å². The van der Waals surface area contributed by atoms with E-state index < -0.39 is 0 Å². The summed E-state index contributed by atoms with van der Waals surface area (Å²) in [5, 5.41) is 2.82. The fourth-order valence-corrected chi connectivity index (χ4v) is 3.55. The lowest BCUT2D eigenvalue weighted by molar-refractivity contribution is -0.122. The third-order valence-electron chi connectivity index (χ3n) is 4.03. The van der Waals surface area contributed by atoms with E-state index in [9.17, 15) is 9.59 Å². The van der Waals surface area contributed by atoms with Crippen molar-refractivity contribution in [2.75, 3.05) is 18.8 Å². The molecule has 0 spiro atoms. The molecule has 0 unspecified atom stereocenters. The first-order valence-electron chi connectivity index (χ1n) is 8.06. The second-order valence-electron chi connectivity index (χ2n) is 5.93. The van der Waals surface area contributed by atoms with Gasteiger partial charge >= 0.3 is 0 Å². The quantitative estimate of drug-likeness (QED) is 0.828. The minimum Gasteiger partial charge on any atom is -0.454 e. The van der Waals surface area contributed by atoms with E-state index in [4.69, 9.17) is 9.47 Å². The van der Waals surface area contributed by atoms with Crippen LogP contribution in [-0.4, -0.2) is 29.5 Å². The van der Waals surface area contributed by atoms with Crippen LogP contribution in [0.3, 0.4) is 0 Å². The summed E-state index contributed by atoms with van der Waals surface area (Å²) in [4.78, 5) is 26.4. The maximum absolute atomic E-state index is 12.6. The molecule has 0 saturated carbocycles. The highest BCUT2D eigenvalue weighted by Gasteiger charge is 2.34. The Balaban J connectivity index is 1.48. The molecule has 0 radical (unpaired) electrons. The van der Waals surface area contributed by atoms with Gasteiger partial charge in [0.25, 0.3) is 11.1 Å². The molecule has 2 aromatic carbocycles. The third-order valence-corrected chi connectivity index (χ3v) is 4.93. The Bertz CT molecular complexity index is 926. The van der Waals surface area contributed by atoms with Crippen molar-refractivity contribution in [3.05, 3.63) is 58.5 Å². The predicted octanol–water partition coefficient (Wildman–Crippen LogP) is 3.83. The van der Waals surface area contributed by atoms with Crippen LogP contribution in [0.25, 0.3) is 6.08 Å². The predicted molar refractivity (Wildman–Crippen MR) is 100 cm³/mol. The minimum absolute atomic E-state index is 0.132. The Morgan fingerprint density at radius 2 is 2.00 bits per heavy atom. The van der Waals surface area contributed by atoms with Crippen molar-refractivity contribution in [3.63, 3.8) is 0 Å². The van der Waals surface area contributed by atoms with E-state index in [1.54, 1.807) is 18.2 Å². The van der Waals surface area contributed by atoms with Gasteiger partial charge in [0.05, 0.1) is 11.6 Å². The average molecular weight is 368 g/mol. The molecule has 0 bridgehead atoms. The van der Waals surface area contributed by atoms with Crippen molar-refractivity contribution in [1.29, 1.82) is 0 Å². The van der Waals surface area contributed by atoms with Gasteiger partial charge in [0.15, 0.2) is 11.5 Å². The molecular weight excluding hydrogens is 352 g/mol. The molecular formula is C19H16N2O4S. The van der Waals surface area contributed by atoms with Gasteiger partial charge in [-0.15, -0.1) is 0 Å². The van der Waals surface area contributed by atoms with Gasteiger partial charge in [-0.3, -0.25) is 14.5 Å². The van der Waals surface area contributed by atoms with Crippen LogP contribution in [-0.2, 0) is 4.79 Å². The number of amides is 2. The fourth-order valence-electron chi connectivity index (χ4n) is 2.72. The highest BCUT2D eigenvalue weighted by molar-refractivity contribution is 8.18. The number of thioether (sulfide) groups is 1. The van der Waals surface area contributed by atoms with Crippen molar-refractivity contribution < 1.29 is 19.1 Å². The van der Waals surface area contributed by atoms with Gasteiger partial charge in [0, 0.05) is 5.69 Å². The second kappa shape index (κ2) is 6.76. The molecule has 132 valence electrons. The van der Waals surface area contributed by atoms with Crippen molar-refractivity contribution >= 4 is 34.7 Å². The molecule has 2 aromatic rings. The molecule has 2 aliphatic rings. The van der Waals surface area contributed by atoms with Crippen LogP contribution >= 0.6 is 11.8 Å². The van der Waals surface area contributed by atoms with Crippen LogP contribution in [0.1, 0.15) is 11.1 Å². The zero-order valence-electron chi connectivity index (χ0n) is 14.0. The van der Waals surface area contributed by atoms with Crippen LogP contribution in [0.4, 0.5) is 10.5 Å². The van der Waals surface area contributed by atoms with Gasteiger partial charge < -0.3 is 14.8 Å². The Labute approximate surface area is 154 Å². The molecule has 0 aromatic heterocycles. The van der Waals surface area contributed by atoms with Crippen molar-refractivity contribution in [2.45, 2.75) is 6.92 Å². The van der Waals surface area contributed by atoms with Crippen LogP contribution in [0, 0.1) is 6.92 Å². The lowest BCUT2D eigenvalue weighted by Gasteiger charge is -2.14. The number of rotatable bonds is 4. The fraction of sp³-hybridized carbons (Fsp3) is 0.158. The Kier molecular flexibility index (Phi) is 4.30. The largest absolute Gasteiger partial charge is 0.454 e. The maximum Gasteiger partial charge on any atom is 0.295 e. The summed E-state index contributed by atoms with van der Waals surface area (Å²) in [5.74, 6) is 1.01. The first kappa shape index (κ1) is 16.5. The van der Waals surface area contributed by atoms with E-state index in [1.807, 2.05) is 37.3 Å². The molecule has 2 heterocycles. The highest BCUT2D eigenvalue weighted by atomic mass is 32.2. The second-order valence-corrected chi connectivity index (χ2v) is 6.92. The molecule has 1 fully saturated rings. The number of carbonyl (C=O) groups excluding carboxylic acids is 2. The number of benzene rings is 2. The summed E-state index contributed by atoms with van der Waals surface area (Å²) in [6.07, 6.45) is 1.69. The van der Waals surface area contributed by atoms with Crippen LogP contribution in [0.15, 0.2) is 47.4 Å². The number of nitrogens with one attached hydrogen (secondary N) is 1. The molecule has 6 nitrogen and oxygen atoms in total. The summed E-state index contributed by atoms with van der Waals surface area (Å²) in [7, 11) is 0. The number of hydrogen-bond acceptors (Lipinski definition) is 6. The topological polar surface area (TPSA) is 67.9 Å². The van der Waals surface area contributed by atoms with E-state index in [-0.39, 0.29) is 24.6 Å². The number of hydrogen-bond donors (Lipinski definition) is 1. The molecule has 4 rings (SSSR count). The molecule has 7 heteroatoms. The Hall–Kier alpha value is -2.93. The third kappa shape index (κ3) is 3.25.